The zero-order valence-electron chi connectivity index (χ0n) is 20.2. The molecule has 2 fully saturated rings. The first-order valence-corrected chi connectivity index (χ1v) is 12.1. The lowest BCUT2D eigenvalue weighted by Gasteiger charge is -2.44. The average Bonchev–Trinajstić information content (AvgIpc) is 2.86. The predicted molar refractivity (Wildman–Crippen MR) is 130 cm³/mol. The van der Waals surface area contributed by atoms with Gasteiger partial charge in [0.15, 0.2) is 0 Å². The topological polar surface area (TPSA) is 109 Å². The highest BCUT2D eigenvalue weighted by molar-refractivity contribution is 5.90. The number of hydrogen-bond acceptors (Lipinski definition) is 6. The third-order valence-electron chi connectivity index (χ3n) is 6.41. The zero-order chi connectivity index (χ0) is 25.5. The molecule has 2 saturated heterocycles. The molecule has 0 aliphatic carbocycles. The number of aliphatic hydroxyl groups excluding tert-OH is 1. The third-order valence-corrected chi connectivity index (χ3v) is 6.41. The number of ether oxygens (including phenoxy) is 3. The van der Waals surface area contributed by atoms with Crippen LogP contribution in [-0.4, -0.2) is 73.2 Å². The minimum absolute atomic E-state index is 0.0727. The van der Waals surface area contributed by atoms with Gasteiger partial charge in [-0.15, -0.1) is 0 Å². The van der Waals surface area contributed by atoms with E-state index in [1.807, 2.05) is 0 Å². The molecule has 0 aromatic heterocycles. The van der Waals surface area contributed by atoms with Crippen LogP contribution in [0.25, 0.3) is 0 Å². The van der Waals surface area contributed by atoms with Crippen molar-refractivity contribution < 1.29 is 33.3 Å². The van der Waals surface area contributed by atoms with Crippen LogP contribution in [-0.2, 0) is 20.8 Å². The summed E-state index contributed by atoms with van der Waals surface area (Å²) < 4.78 is 30.8. The Morgan fingerprint density at radius 3 is 2.81 bits per heavy atom. The Kier molecular flexibility index (Phi) is 8.74. The average molecular weight is 502 g/mol. The maximum absolute atomic E-state index is 13.8. The zero-order valence-corrected chi connectivity index (χ0v) is 20.2. The summed E-state index contributed by atoms with van der Waals surface area (Å²) in [5, 5.41) is 15.9. The summed E-state index contributed by atoms with van der Waals surface area (Å²) in [6.45, 7) is 0.457. The number of amides is 3. The Morgan fingerprint density at radius 1 is 1.17 bits per heavy atom. The van der Waals surface area contributed by atoms with E-state index < -0.39 is 12.2 Å². The normalized spacial score (nSPS) is 24.1. The quantitative estimate of drug-likeness (QED) is 0.562. The molecule has 0 unspecified atom stereocenters. The second-order valence-electron chi connectivity index (χ2n) is 9.02. The van der Waals surface area contributed by atoms with Gasteiger partial charge in [0.25, 0.3) is 0 Å². The van der Waals surface area contributed by atoms with Crippen LogP contribution in [0.15, 0.2) is 48.5 Å². The molecule has 0 spiro atoms. The first-order chi connectivity index (χ1) is 17.4. The molecule has 4 atom stereocenters. The van der Waals surface area contributed by atoms with Crippen molar-refractivity contribution in [3.63, 3.8) is 0 Å². The molecule has 2 heterocycles. The van der Waals surface area contributed by atoms with Crippen LogP contribution in [0.5, 0.6) is 5.75 Å². The number of rotatable bonds is 6. The van der Waals surface area contributed by atoms with Crippen LogP contribution < -0.4 is 15.4 Å². The molecule has 3 amide bonds. The maximum Gasteiger partial charge on any atom is 0.322 e. The summed E-state index contributed by atoms with van der Waals surface area (Å²) in [6, 6.07) is 12.6. The van der Waals surface area contributed by atoms with Gasteiger partial charge >= 0.3 is 6.03 Å². The van der Waals surface area contributed by atoms with Crippen LogP contribution in [0.1, 0.15) is 24.8 Å². The van der Waals surface area contributed by atoms with E-state index >= 15 is 0 Å². The molecular weight excluding hydrogens is 469 g/mol. The summed E-state index contributed by atoms with van der Waals surface area (Å²) in [4.78, 5) is 27.3. The van der Waals surface area contributed by atoms with E-state index in [9.17, 15) is 19.1 Å². The molecule has 4 rings (SSSR count). The molecule has 10 heteroatoms. The van der Waals surface area contributed by atoms with Gasteiger partial charge < -0.3 is 34.9 Å². The molecular formula is C26H32FN3O6. The Balaban J connectivity index is 1.37. The molecule has 0 saturated carbocycles. The Bertz CT molecular complexity index is 1050. The summed E-state index contributed by atoms with van der Waals surface area (Å²) in [7, 11) is 1.55. The van der Waals surface area contributed by atoms with Crippen molar-refractivity contribution in [1.82, 2.24) is 10.2 Å². The second-order valence-corrected chi connectivity index (χ2v) is 9.02. The second kappa shape index (κ2) is 12.2. The number of nitrogens with one attached hydrogen (secondary N) is 2. The van der Waals surface area contributed by atoms with Crippen molar-refractivity contribution >= 4 is 17.6 Å². The van der Waals surface area contributed by atoms with E-state index in [2.05, 4.69) is 10.6 Å². The molecule has 0 bridgehead atoms. The Labute approximate surface area is 209 Å². The number of urea groups is 1. The molecule has 36 heavy (non-hydrogen) atoms. The van der Waals surface area contributed by atoms with E-state index in [1.54, 1.807) is 54.5 Å². The minimum Gasteiger partial charge on any atom is -0.497 e. The monoisotopic (exact) mass is 501 g/mol. The Morgan fingerprint density at radius 2 is 2.00 bits per heavy atom. The van der Waals surface area contributed by atoms with Gasteiger partial charge in [0.05, 0.1) is 51.5 Å². The lowest BCUT2D eigenvalue weighted by Crippen LogP contribution is -2.58. The highest BCUT2D eigenvalue weighted by atomic mass is 19.1. The van der Waals surface area contributed by atoms with Gasteiger partial charge in [-0.2, -0.15) is 0 Å². The lowest BCUT2D eigenvalue weighted by atomic mass is 9.95. The number of hydrogen-bond donors (Lipinski definition) is 3. The molecule has 2 aromatic rings. The van der Waals surface area contributed by atoms with Crippen molar-refractivity contribution in [2.75, 3.05) is 32.2 Å². The molecule has 194 valence electrons. The minimum atomic E-state index is -0.830. The van der Waals surface area contributed by atoms with Gasteiger partial charge in [-0.1, -0.05) is 24.3 Å². The number of β-amino-alcohol motifs (C(OH)–C–C–N with tert-alkyl or cyclic N) is 1. The maximum atomic E-state index is 13.8. The highest BCUT2D eigenvalue weighted by Gasteiger charge is 2.40. The molecule has 2 aromatic carbocycles. The standard InChI is InChI=1S/C26H32FN3O6/c1-34-20-7-4-6-18(11-20)29-26(33)30-14-19(31)15-35-16-24-23(30)10-9-21(36-24)12-25(32)28-13-17-5-2-3-8-22(17)27/h2-8,11,19,21,23-24,31H,9-10,12-16H2,1H3,(H,28,32)(H,29,33)/t19-,21-,23+,24-/m0/s1. The fourth-order valence-corrected chi connectivity index (χ4v) is 4.59. The van der Waals surface area contributed by atoms with Crippen molar-refractivity contribution in [2.24, 2.45) is 0 Å². The summed E-state index contributed by atoms with van der Waals surface area (Å²) >= 11 is 0. The van der Waals surface area contributed by atoms with E-state index in [1.165, 1.54) is 6.07 Å². The summed E-state index contributed by atoms with van der Waals surface area (Å²) in [5.74, 6) is 0.0103. The van der Waals surface area contributed by atoms with Gasteiger partial charge in [0.1, 0.15) is 17.7 Å². The summed E-state index contributed by atoms with van der Waals surface area (Å²) in [5.41, 5.74) is 0.991. The molecule has 3 N–H and O–H groups in total. The van der Waals surface area contributed by atoms with Gasteiger partial charge in [-0.05, 0) is 31.0 Å². The van der Waals surface area contributed by atoms with Crippen molar-refractivity contribution in [3.05, 3.63) is 59.9 Å². The molecule has 2 aliphatic heterocycles. The van der Waals surface area contributed by atoms with Crippen LogP contribution in [0.3, 0.4) is 0 Å². The van der Waals surface area contributed by atoms with Crippen LogP contribution in [0.4, 0.5) is 14.9 Å². The van der Waals surface area contributed by atoms with Crippen molar-refractivity contribution in [2.45, 2.75) is 50.2 Å². The van der Waals surface area contributed by atoms with E-state index in [0.29, 0.717) is 29.8 Å². The van der Waals surface area contributed by atoms with Gasteiger partial charge in [0.2, 0.25) is 5.91 Å². The molecule has 9 nitrogen and oxygen atoms in total. The smallest absolute Gasteiger partial charge is 0.322 e. The SMILES string of the molecule is COc1cccc(NC(=O)N2C[C@H](O)COC[C@@H]3O[C@H](CC(=O)NCc4ccccc4F)CC[C@H]32)c1. The van der Waals surface area contributed by atoms with Crippen LogP contribution in [0.2, 0.25) is 0 Å². The van der Waals surface area contributed by atoms with Gasteiger partial charge in [0, 0.05) is 23.9 Å². The van der Waals surface area contributed by atoms with Crippen molar-refractivity contribution in [3.8, 4) is 5.75 Å². The number of anilines is 1. The number of nitrogens with zero attached hydrogens (tertiary/aromatic N) is 1. The number of fused-ring (bicyclic) bond motifs is 1. The fourth-order valence-electron chi connectivity index (χ4n) is 4.59. The third kappa shape index (κ3) is 6.71. The molecule has 2 aliphatic rings. The summed E-state index contributed by atoms with van der Waals surface area (Å²) in [6.07, 6.45) is -0.389. The van der Waals surface area contributed by atoms with Crippen LogP contribution >= 0.6 is 0 Å². The number of halogens is 1. The first-order valence-electron chi connectivity index (χ1n) is 12.1. The van der Waals surface area contributed by atoms with E-state index in [-0.39, 0.29) is 62.6 Å². The first kappa shape index (κ1) is 25.9. The fraction of sp³-hybridized carbons (Fsp3) is 0.462. The largest absolute Gasteiger partial charge is 0.497 e. The van der Waals surface area contributed by atoms with Gasteiger partial charge in [-0.3, -0.25) is 4.79 Å². The number of carbonyl (C=O) groups is 2. The van der Waals surface area contributed by atoms with Gasteiger partial charge in [-0.25, -0.2) is 9.18 Å². The van der Waals surface area contributed by atoms with Crippen molar-refractivity contribution in [1.29, 1.82) is 0 Å². The number of benzene rings is 2. The van der Waals surface area contributed by atoms with E-state index in [0.717, 1.165) is 0 Å². The predicted octanol–water partition coefficient (Wildman–Crippen LogP) is 2.68. The number of methoxy groups -OCH3 is 1. The Hall–Kier alpha value is -3.21. The number of carbonyl (C=O) groups excluding carboxylic acids is 2. The number of aliphatic hydroxyl groups is 1. The lowest BCUT2D eigenvalue weighted by molar-refractivity contribution is -0.149. The van der Waals surface area contributed by atoms with Crippen LogP contribution in [0, 0.1) is 5.82 Å². The van der Waals surface area contributed by atoms with E-state index in [4.69, 9.17) is 14.2 Å². The molecule has 0 radical (unpaired) electrons. The highest BCUT2D eigenvalue weighted by Crippen LogP contribution is 2.28.